The van der Waals surface area contributed by atoms with Gasteiger partial charge in [0.05, 0.1) is 0 Å². The zero-order valence-corrected chi connectivity index (χ0v) is 9.76. The molecule has 0 amide bonds. The SMILES string of the molecule is CC(C)CC1CNC2CCCCC2C1. The van der Waals surface area contributed by atoms with Crippen LogP contribution in [0.15, 0.2) is 0 Å². The first-order chi connectivity index (χ1) is 6.75. The van der Waals surface area contributed by atoms with Crippen molar-refractivity contribution in [3.05, 3.63) is 0 Å². The maximum absolute atomic E-state index is 3.78. The van der Waals surface area contributed by atoms with Crippen molar-refractivity contribution in [2.24, 2.45) is 17.8 Å². The van der Waals surface area contributed by atoms with Crippen molar-refractivity contribution in [1.82, 2.24) is 5.32 Å². The lowest BCUT2D eigenvalue weighted by Gasteiger charge is -2.40. The first-order valence-electron chi connectivity index (χ1n) is 6.49. The fraction of sp³-hybridized carbons (Fsp3) is 1.00. The van der Waals surface area contributed by atoms with Crippen molar-refractivity contribution in [2.75, 3.05) is 6.54 Å². The molecule has 3 unspecified atom stereocenters. The van der Waals surface area contributed by atoms with Gasteiger partial charge >= 0.3 is 0 Å². The molecule has 1 heterocycles. The third kappa shape index (κ3) is 2.50. The lowest BCUT2D eigenvalue weighted by Crippen LogP contribution is -2.47. The van der Waals surface area contributed by atoms with Crippen LogP contribution in [0.3, 0.4) is 0 Å². The Labute approximate surface area is 88.7 Å². The number of fused-ring (bicyclic) bond motifs is 1. The molecule has 0 spiro atoms. The van der Waals surface area contributed by atoms with E-state index in [-0.39, 0.29) is 0 Å². The summed E-state index contributed by atoms with van der Waals surface area (Å²) in [4.78, 5) is 0. The third-order valence-corrected chi connectivity index (χ3v) is 4.02. The van der Waals surface area contributed by atoms with Gasteiger partial charge in [0, 0.05) is 6.04 Å². The van der Waals surface area contributed by atoms with Crippen LogP contribution >= 0.6 is 0 Å². The molecule has 2 aliphatic rings. The minimum Gasteiger partial charge on any atom is -0.313 e. The molecule has 0 aromatic rings. The number of piperidine rings is 1. The minimum atomic E-state index is 0.877. The molecule has 1 saturated heterocycles. The van der Waals surface area contributed by atoms with Gasteiger partial charge in [-0.1, -0.05) is 26.7 Å². The number of hydrogen-bond acceptors (Lipinski definition) is 1. The summed E-state index contributed by atoms with van der Waals surface area (Å²) in [5.41, 5.74) is 0. The van der Waals surface area contributed by atoms with Crippen LogP contribution in [0.25, 0.3) is 0 Å². The van der Waals surface area contributed by atoms with Crippen molar-refractivity contribution in [3.8, 4) is 0 Å². The van der Waals surface area contributed by atoms with E-state index in [9.17, 15) is 0 Å². The number of hydrogen-bond donors (Lipinski definition) is 1. The summed E-state index contributed by atoms with van der Waals surface area (Å²) < 4.78 is 0. The van der Waals surface area contributed by atoms with Gasteiger partial charge in [-0.2, -0.15) is 0 Å². The average Bonchev–Trinajstić information content (AvgIpc) is 2.17. The Kier molecular flexibility index (Phi) is 3.48. The molecule has 0 bridgehead atoms. The van der Waals surface area contributed by atoms with E-state index in [4.69, 9.17) is 0 Å². The molecule has 2 fully saturated rings. The van der Waals surface area contributed by atoms with Gasteiger partial charge in [0.25, 0.3) is 0 Å². The molecule has 0 radical (unpaired) electrons. The zero-order valence-electron chi connectivity index (χ0n) is 9.76. The summed E-state index contributed by atoms with van der Waals surface area (Å²) in [5.74, 6) is 2.86. The van der Waals surface area contributed by atoms with E-state index in [0.29, 0.717) is 0 Å². The van der Waals surface area contributed by atoms with E-state index in [1.807, 2.05) is 0 Å². The maximum atomic E-state index is 3.78. The lowest BCUT2D eigenvalue weighted by atomic mass is 9.74. The fourth-order valence-electron chi connectivity index (χ4n) is 3.43. The molecule has 82 valence electrons. The number of nitrogens with one attached hydrogen (secondary N) is 1. The number of rotatable bonds is 2. The normalized spacial score (nSPS) is 38.4. The van der Waals surface area contributed by atoms with Gasteiger partial charge in [-0.15, -0.1) is 0 Å². The topological polar surface area (TPSA) is 12.0 Å². The standard InChI is InChI=1S/C13H25N/c1-10(2)7-11-8-12-5-3-4-6-13(12)14-9-11/h10-14H,3-9H2,1-2H3. The summed E-state index contributed by atoms with van der Waals surface area (Å²) in [7, 11) is 0. The Morgan fingerprint density at radius 3 is 2.79 bits per heavy atom. The van der Waals surface area contributed by atoms with E-state index < -0.39 is 0 Å². The van der Waals surface area contributed by atoms with Gasteiger partial charge in [0.2, 0.25) is 0 Å². The summed E-state index contributed by atoms with van der Waals surface area (Å²) in [6, 6.07) is 0.882. The van der Waals surface area contributed by atoms with Crippen LogP contribution in [0.4, 0.5) is 0 Å². The van der Waals surface area contributed by atoms with Crippen LogP contribution in [0, 0.1) is 17.8 Å². The van der Waals surface area contributed by atoms with Crippen LogP contribution in [-0.2, 0) is 0 Å². The van der Waals surface area contributed by atoms with Crippen molar-refractivity contribution >= 4 is 0 Å². The van der Waals surface area contributed by atoms with Gasteiger partial charge in [-0.25, -0.2) is 0 Å². The summed E-state index contributed by atoms with van der Waals surface area (Å²) >= 11 is 0. The van der Waals surface area contributed by atoms with Crippen LogP contribution < -0.4 is 5.32 Å². The smallest absolute Gasteiger partial charge is 0.00955 e. The summed E-state index contributed by atoms with van der Waals surface area (Å²) in [5, 5.41) is 3.78. The molecular weight excluding hydrogens is 170 g/mol. The van der Waals surface area contributed by atoms with Gasteiger partial charge in [-0.3, -0.25) is 0 Å². The van der Waals surface area contributed by atoms with Crippen molar-refractivity contribution in [3.63, 3.8) is 0 Å². The molecular formula is C13H25N. The molecule has 1 aliphatic carbocycles. The van der Waals surface area contributed by atoms with Gasteiger partial charge in [0.1, 0.15) is 0 Å². The molecule has 3 atom stereocenters. The molecule has 1 heteroatoms. The van der Waals surface area contributed by atoms with Crippen LogP contribution in [-0.4, -0.2) is 12.6 Å². The van der Waals surface area contributed by atoms with E-state index in [0.717, 1.165) is 23.8 Å². The quantitative estimate of drug-likeness (QED) is 0.713. The van der Waals surface area contributed by atoms with Crippen LogP contribution in [0.2, 0.25) is 0 Å². The Hall–Kier alpha value is -0.0400. The fourth-order valence-corrected chi connectivity index (χ4v) is 3.43. The van der Waals surface area contributed by atoms with Crippen LogP contribution in [0.1, 0.15) is 52.4 Å². The lowest BCUT2D eigenvalue weighted by molar-refractivity contribution is 0.154. The Morgan fingerprint density at radius 1 is 1.21 bits per heavy atom. The highest BCUT2D eigenvalue weighted by molar-refractivity contribution is 4.88. The van der Waals surface area contributed by atoms with Crippen molar-refractivity contribution < 1.29 is 0 Å². The third-order valence-electron chi connectivity index (χ3n) is 4.02. The van der Waals surface area contributed by atoms with E-state index in [1.54, 1.807) is 0 Å². The van der Waals surface area contributed by atoms with Gasteiger partial charge in [0.15, 0.2) is 0 Å². The van der Waals surface area contributed by atoms with Crippen molar-refractivity contribution in [1.29, 1.82) is 0 Å². The maximum Gasteiger partial charge on any atom is 0.00955 e. The minimum absolute atomic E-state index is 0.877. The molecule has 0 aromatic heterocycles. The predicted molar refractivity (Wildman–Crippen MR) is 61.3 cm³/mol. The van der Waals surface area contributed by atoms with E-state index in [1.165, 1.54) is 45.1 Å². The predicted octanol–water partition coefficient (Wildman–Crippen LogP) is 3.20. The highest BCUT2D eigenvalue weighted by Gasteiger charge is 2.31. The second-order valence-electron chi connectivity index (χ2n) is 5.79. The molecule has 1 nitrogen and oxygen atoms in total. The monoisotopic (exact) mass is 195 g/mol. The zero-order chi connectivity index (χ0) is 9.97. The summed E-state index contributed by atoms with van der Waals surface area (Å²) in [6.07, 6.45) is 8.82. The molecule has 1 N–H and O–H groups in total. The van der Waals surface area contributed by atoms with E-state index >= 15 is 0 Å². The molecule has 2 rings (SSSR count). The molecule has 0 aromatic carbocycles. The average molecular weight is 195 g/mol. The van der Waals surface area contributed by atoms with Gasteiger partial charge < -0.3 is 5.32 Å². The molecule has 1 aliphatic heterocycles. The highest BCUT2D eigenvalue weighted by Crippen LogP contribution is 2.34. The second-order valence-corrected chi connectivity index (χ2v) is 5.79. The Morgan fingerprint density at radius 2 is 2.00 bits per heavy atom. The Bertz CT molecular complexity index is 176. The first-order valence-corrected chi connectivity index (χ1v) is 6.49. The van der Waals surface area contributed by atoms with E-state index in [2.05, 4.69) is 19.2 Å². The highest BCUT2D eigenvalue weighted by atomic mass is 14.9. The second kappa shape index (κ2) is 4.65. The van der Waals surface area contributed by atoms with Crippen molar-refractivity contribution in [2.45, 2.75) is 58.4 Å². The Balaban J connectivity index is 1.83. The summed E-state index contributed by atoms with van der Waals surface area (Å²) in [6.45, 7) is 6.00. The first kappa shape index (κ1) is 10.5. The van der Waals surface area contributed by atoms with Gasteiger partial charge in [-0.05, 0) is 50.0 Å². The molecule has 14 heavy (non-hydrogen) atoms. The largest absolute Gasteiger partial charge is 0.313 e. The molecule has 1 saturated carbocycles. The van der Waals surface area contributed by atoms with Crippen LogP contribution in [0.5, 0.6) is 0 Å².